The highest BCUT2D eigenvalue weighted by Gasteiger charge is 2.12. The molecule has 3 aromatic rings. The van der Waals surface area contributed by atoms with Crippen LogP contribution in [0.5, 0.6) is 5.75 Å². The maximum absolute atomic E-state index is 12.5. The van der Waals surface area contributed by atoms with Crippen LogP contribution in [0.1, 0.15) is 29.9 Å². The van der Waals surface area contributed by atoms with E-state index in [1.54, 1.807) is 12.3 Å². The Bertz CT molecular complexity index is 880. The second-order valence-corrected chi connectivity index (χ2v) is 6.24. The van der Waals surface area contributed by atoms with Gasteiger partial charge in [0.15, 0.2) is 0 Å². The van der Waals surface area contributed by atoms with E-state index in [1.807, 2.05) is 62.4 Å². The quantitative estimate of drug-likeness (QED) is 0.661. The molecule has 0 atom stereocenters. The first kappa shape index (κ1) is 18.4. The smallest absolute Gasteiger partial charge is 0.275 e. The van der Waals surface area contributed by atoms with Crippen molar-refractivity contribution in [2.24, 2.45) is 0 Å². The summed E-state index contributed by atoms with van der Waals surface area (Å²) in [4.78, 5) is 20.9. The molecule has 6 heteroatoms. The minimum absolute atomic E-state index is 0.0119. The molecule has 0 fully saturated rings. The fourth-order valence-electron chi connectivity index (χ4n) is 2.44. The average Bonchev–Trinajstić information content (AvgIpc) is 2.69. The number of hydrogen-bond acceptors (Lipinski definition) is 5. The van der Waals surface area contributed by atoms with Gasteiger partial charge in [-0.1, -0.05) is 42.5 Å². The molecule has 1 aromatic heterocycles. The molecule has 3 rings (SSSR count). The molecule has 0 aliphatic carbocycles. The molecule has 6 nitrogen and oxygen atoms in total. The van der Waals surface area contributed by atoms with Crippen LogP contribution in [-0.4, -0.2) is 22.0 Å². The van der Waals surface area contributed by atoms with Crippen LogP contribution in [0, 0.1) is 0 Å². The van der Waals surface area contributed by atoms with Gasteiger partial charge in [0.1, 0.15) is 17.3 Å². The lowest BCUT2D eigenvalue weighted by Crippen LogP contribution is -2.16. The van der Waals surface area contributed by atoms with Crippen LogP contribution in [0.4, 0.5) is 11.5 Å². The Kier molecular flexibility index (Phi) is 5.99. The molecule has 0 saturated heterocycles. The maximum Gasteiger partial charge on any atom is 0.275 e. The second kappa shape index (κ2) is 8.80. The maximum atomic E-state index is 12.5. The van der Waals surface area contributed by atoms with Crippen molar-refractivity contribution in [2.75, 3.05) is 10.6 Å². The standard InChI is InChI=1S/C21H22N4O2/c1-15(2)27-19-11-7-6-10-17(19)25-21(26)18-13-24-20(14-22-18)23-12-16-8-4-3-5-9-16/h3-11,13-15H,12H2,1-2H3,(H,23,24)(H,25,26). The van der Waals surface area contributed by atoms with Crippen molar-refractivity contribution in [3.8, 4) is 5.75 Å². The Morgan fingerprint density at radius 3 is 2.44 bits per heavy atom. The van der Waals surface area contributed by atoms with Gasteiger partial charge in [0.05, 0.1) is 24.2 Å². The van der Waals surface area contributed by atoms with E-state index in [0.29, 0.717) is 23.8 Å². The number of anilines is 2. The van der Waals surface area contributed by atoms with Crippen molar-refractivity contribution in [3.63, 3.8) is 0 Å². The lowest BCUT2D eigenvalue weighted by Gasteiger charge is -2.14. The first-order chi connectivity index (χ1) is 13.1. The lowest BCUT2D eigenvalue weighted by atomic mass is 10.2. The summed E-state index contributed by atoms with van der Waals surface area (Å²) in [6.07, 6.45) is 3.01. The first-order valence-electron chi connectivity index (χ1n) is 8.78. The number of nitrogens with zero attached hydrogens (tertiary/aromatic N) is 2. The molecular weight excluding hydrogens is 340 g/mol. The molecule has 0 radical (unpaired) electrons. The topological polar surface area (TPSA) is 76.1 Å². The molecular formula is C21H22N4O2. The van der Waals surface area contributed by atoms with Crippen LogP contribution in [0.2, 0.25) is 0 Å². The number of amides is 1. The SMILES string of the molecule is CC(C)Oc1ccccc1NC(=O)c1cnc(NCc2ccccc2)cn1. The first-order valence-corrected chi connectivity index (χ1v) is 8.78. The number of para-hydroxylation sites is 2. The van der Waals surface area contributed by atoms with Gasteiger partial charge in [-0.25, -0.2) is 9.97 Å². The fourth-order valence-corrected chi connectivity index (χ4v) is 2.44. The van der Waals surface area contributed by atoms with E-state index in [-0.39, 0.29) is 17.7 Å². The molecule has 1 heterocycles. The molecule has 2 N–H and O–H groups in total. The van der Waals surface area contributed by atoms with Gasteiger partial charge in [0, 0.05) is 6.54 Å². The number of rotatable bonds is 7. The Balaban J connectivity index is 1.62. The van der Waals surface area contributed by atoms with Crippen molar-refractivity contribution in [2.45, 2.75) is 26.5 Å². The minimum Gasteiger partial charge on any atom is -0.489 e. The third-order valence-corrected chi connectivity index (χ3v) is 3.70. The molecule has 0 aliphatic heterocycles. The summed E-state index contributed by atoms with van der Waals surface area (Å²) in [5.41, 5.74) is 1.98. The lowest BCUT2D eigenvalue weighted by molar-refractivity contribution is 0.102. The van der Waals surface area contributed by atoms with Crippen molar-refractivity contribution in [3.05, 3.63) is 78.2 Å². The monoisotopic (exact) mass is 362 g/mol. The number of carbonyl (C=O) groups excluding carboxylic acids is 1. The third-order valence-electron chi connectivity index (χ3n) is 3.70. The average molecular weight is 362 g/mol. The molecule has 0 spiro atoms. The number of hydrogen-bond donors (Lipinski definition) is 2. The van der Waals surface area contributed by atoms with Gasteiger partial charge in [0.2, 0.25) is 0 Å². The fraction of sp³-hybridized carbons (Fsp3) is 0.190. The zero-order valence-electron chi connectivity index (χ0n) is 15.3. The van der Waals surface area contributed by atoms with Crippen LogP contribution in [0.3, 0.4) is 0 Å². The van der Waals surface area contributed by atoms with Gasteiger partial charge in [-0.2, -0.15) is 0 Å². The molecule has 27 heavy (non-hydrogen) atoms. The zero-order chi connectivity index (χ0) is 19.1. The van der Waals surface area contributed by atoms with Crippen molar-refractivity contribution < 1.29 is 9.53 Å². The number of carbonyl (C=O) groups is 1. The summed E-state index contributed by atoms with van der Waals surface area (Å²) >= 11 is 0. The van der Waals surface area contributed by atoms with Crippen LogP contribution in [-0.2, 0) is 6.54 Å². The van der Waals surface area contributed by atoms with Gasteiger partial charge >= 0.3 is 0 Å². The van der Waals surface area contributed by atoms with Crippen LogP contribution in [0.25, 0.3) is 0 Å². The van der Waals surface area contributed by atoms with Gasteiger partial charge in [0.25, 0.3) is 5.91 Å². The van der Waals surface area contributed by atoms with E-state index in [2.05, 4.69) is 20.6 Å². The molecule has 0 aliphatic rings. The summed E-state index contributed by atoms with van der Waals surface area (Å²) in [7, 11) is 0. The minimum atomic E-state index is -0.336. The van der Waals surface area contributed by atoms with Crippen molar-refractivity contribution in [1.82, 2.24) is 9.97 Å². The highest BCUT2D eigenvalue weighted by Crippen LogP contribution is 2.25. The summed E-state index contributed by atoms with van der Waals surface area (Å²) in [5, 5.41) is 6.00. The van der Waals surface area contributed by atoms with E-state index >= 15 is 0 Å². The number of ether oxygens (including phenoxy) is 1. The predicted octanol–water partition coefficient (Wildman–Crippen LogP) is 4.13. The molecule has 0 bridgehead atoms. The summed E-state index contributed by atoms with van der Waals surface area (Å²) in [6.45, 7) is 4.51. The van der Waals surface area contributed by atoms with Crippen LogP contribution < -0.4 is 15.4 Å². The molecule has 138 valence electrons. The third kappa shape index (κ3) is 5.28. The Morgan fingerprint density at radius 1 is 1.00 bits per heavy atom. The van der Waals surface area contributed by atoms with E-state index < -0.39 is 0 Å². The van der Waals surface area contributed by atoms with E-state index in [0.717, 1.165) is 5.56 Å². The Morgan fingerprint density at radius 2 is 1.74 bits per heavy atom. The largest absolute Gasteiger partial charge is 0.489 e. The number of nitrogens with one attached hydrogen (secondary N) is 2. The van der Waals surface area contributed by atoms with Gasteiger partial charge < -0.3 is 15.4 Å². The van der Waals surface area contributed by atoms with E-state index in [1.165, 1.54) is 6.20 Å². The molecule has 0 unspecified atom stereocenters. The number of aromatic nitrogens is 2. The second-order valence-electron chi connectivity index (χ2n) is 6.24. The zero-order valence-corrected chi connectivity index (χ0v) is 15.3. The molecule has 2 aromatic carbocycles. The summed E-state index contributed by atoms with van der Waals surface area (Å²) in [5.74, 6) is 0.894. The normalized spacial score (nSPS) is 10.5. The summed E-state index contributed by atoms with van der Waals surface area (Å²) in [6, 6.07) is 17.3. The van der Waals surface area contributed by atoms with E-state index in [4.69, 9.17) is 4.74 Å². The molecule has 1 amide bonds. The highest BCUT2D eigenvalue weighted by atomic mass is 16.5. The predicted molar refractivity (Wildman–Crippen MR) is 106 cm³/mol. The van der Waals surface area contributed by atoms with Crippen molar-refractivity contribution >= 4 is 17.4 Å². The molecule has 0 saturated carbocycles. The van der Waals surface area contributed by atoms with E-state index in [9.17, 15) is 4.79 Å². The summed E-state index contributed by atoms with van der Waals surface area (Å²) < 4.78 is 5.71. The van der Waals surface area contributed by atoms with Gasteiger partial charge in [-0.3, -0.25) is 4.79 Å². The van der Waals surface area contributed by atoms with Gasteiger partial charge in [-0.05, 0) is 31.5 Å². The number of benzene rings is 2. The van der Waals surface area contributed by atoms with Crippen molar-refractivity contribution in [1.29, 1.82) is 0 Å². The van der Waals surface area contributed by atoms with Crippen LogP contribution >= 0.6 is 0 Å². The van der Waals surface area contributed by atoms with Gasteiger partial charge in [-0.15, -0.1) is 0 Å². The highest BCUT2D eigenvalue weighted by molar-refractivity contribution is 6.03. The van der Waals surface area contributed by atoms with Crippen LogP contribution in [0.15, 0.2) is 67.0 Å². The Hall–Kier alpha value is -3.41. The Labute approximate surface area is 158 Å².